The predicted molar refractivity (Wildman–Crippen MR) is 107 cm³/mol. The number of piperazine rings is 1. The third kappa shape index (κ3) is 4.53. The van der Waals surface area contributed by atoms with Crippen molar-refractivity contribution in [1.82, 2.24) is 14.5 Å². The molecule has 1 fully saturated rings. The Hall–Kier alpha value is -1.25. The molecule has 1 aromatic carbocycles. The topological polar surface area (TPSA) is 52.7 Å². The van der Waals surface area contributed by atoms with E-state index in [-0.39, 0.29) is 6.04 Å². The number of nitrogens with zero attached hydrogens (tertiary/aromatic N) is 2. The Kier molecular flexibility index (Phi) is 6.14. The SMILES string of the molecule is Cc1ccc(S(=O)(=O)NC[C@@H](c2ccsc2)N2CCN(C)CC2)cc1C. The normalized spacial score (nSPS) is 18.1. The van der Waals surface area contributed by atoms with Crippen LogP contribution < -0.4 is 4.72 Å². The first-order valence-electron chi connectivity index (χ1n) is 8.88. The average molecular weight is 394 g/mol. The Morgan fingerprint density at radius 1 is 1.12 bits per heavy atom. The fraction of sp³-hybridized carbons (Fsp3) is 0.474. The summed E-state index contributed by atoms with van der Waals surface area (Å²) in [6.45, 7) is 8.21. The maximum absolute atomic E-state index is 12.8. The van der Waals surface area contributed by atoms with Crippen molar-refractivity contribution in [2.45, 2.75) is 24.8 Å². The molecule has 2 heterocycles. The van der Waals surface area contributed by atoms with E-state index in [1.54, 1.807) is 23.5 Å². The van der Waals surface area contributed by atoms with Gasteiger partial charge >= 0.3 is 0 Å². The highest BCUT2D eigenvalue weighted by Crippen LogP contribution is 2.24. The van der Waals surface area contributed by atoms with E-state index >= 15 is 0 Å². The lowest BCUT2D eigenvalue weighted by Gasteiger charge is -2.37. The van der Waals surface area contributed by atoms with Crippen LogP contribution in [0.1, 0.15) is 22.7 Å². The van der Waals surface area contributed by atoms with Gasteiger partial charge in [0.1, 0.15) is 0 Å². The van der Waals surface area contributed by atoms with Gasteiger partial charge in [-0.3, -0.25) is 4.90 Å². The first-order valence-corrected chi connectivity index (χ1v) is 11.3. The third-order valence-electron chi connectivity index (χ3n) is 5.16. The standard InChI is InChI=1S/C19H27N3O2S2/c1-15-4-5-18(12-16(15)2)26(23,24)20-13-19(17-6-11-25-14-17)22-9-7-21(3)8-10-22/h4-6,11-12,14,19-20H,7-10,13H2,1-3H3/t19-/m0/s1. The van der Waals surface area contributed by atoms with Gasteiger partial charge in [0.15, 0.2) is 0 Å². The Labute approximate surface area is 160 Å². The highest BCUT2D eigenvalue weighted by Gasteiger charge is 2.26. The smallest absolute Gasteiger partial charge is 0.240 e. The molecular weight excluding hydrogens is 366 g/mol. The summed E-state index contributed by atoms with van der Waals surface area (Å²) in [5, 5.41) is 4.17. The van der Waals surface area contributed by atoms with Gasteiger partial charge in [0.2, 0.25) is 10.0 Å². The number of benzene rings is 1. The molecular formula is C19H27N3O2S2. The maximum Gasteiger partial charge on any atom is 0.240 e. The van der Waals surface area contributed by atoms with Crippen LogP contribution in [-0.4, -0.2) is 58.0 Å². The van der Waals surface area contributed by atoms with Gasteiger partial charge in [0.25, 0.3) is 0 Å². The number of rotatable bonds is 6. The molecule has 0 radical (unpaired) electrons. The largest absolute Gasteiger partial charge is 0.304 e. The predicted octanol–water partition coefficient (Wildman–Crippen LogP) is 2.63. The molecule has 26 heavy (non-hydrogen) atoms. The van der Waals surface area contributed by atoms with Gasteiger partial charge in [-0.2, -0.15) is 11.3 Å². The summed E-state index contributed by atoms with van der Waals surface area (Å²) in [4.78, 5) is 5.02. The molecule has 5 nitrogen and oxygen atoms in total. The lowest BCUT2D eigenvalue weighted by Crippen LogP contribution is -2.48. The zero-order valence-electron chi connectivity index (χ0n) is 15.6. The van der Waals surface area contributed by atoms with Crippen molar-refractivity contribution in [3.63, 3.8) is 0 Å². The number of thiophene rings is 1. The quantitative estimate of drug-likeness (QED) is 0.820. The number of hydrogen-bond donors (Lipinski definition) is 1. The first-order chi connectivity index (χ1) is 12.4. The van der Waals surface area contributed by atoms with Crippen LogP contribution in [0.3, 0.4) is 0 Å². The van der Waals surface area contributed by atoms with Crippen molar-refractivity contribution in [2.75, 3.05) is 39.8 Å². The molecule has 0 spiro atoms. The highest BCUT2D eigenvalue weighted by atomic mass is 32.2. The van der Waals surface area contributed by atoms with Crippen molar-refractivity contribution in [3.8, 4) is 0 Å². The average Bonchev–Trinajstić information content (AvgIpc) is 3.13. The number of aryl methyl sites for hydroxylation is 2. The van der Waals surface area contributed by atoms with Crippen LogP contribution in [0.25, 0.3) is 0 Å². The van der Waals surface area contributed by atoms with E-state index in [1.165, 1.54) is 5.56 Å². The molecule has 0 bridgehead atoms. The summed E-state index contributed by atoms with van der Waals surface area (Å²) in [6.07, 6.45) is 0. The number of likely N-dealkylation sites (N-methyl/N-ethyl adjacent to an activating group) is 1. The molecule has 0 aliphatic carbocycles. The Bertz CT molecular complexity index is 826. The Balaban J connectivity index is 1.75. The fourth-order valence-corrected chi connectivity index (χ4v) is 5.04. The van der Waals surface area contributed by atoms with Crippen LogP contribution in [0, 0.1) is 13.8 Å². The van der Waals surface area contributed by atoms with Gasteiger partial charge < -0.3 is 4.90 Å². The Morgan fingerprint density at radius 2 is 1.85 bits per heavy atom. The van der Waals surface area contributed by atoms with Gasteiger partial charge in [0.05, 0.1) is 4.90 Å². The van der Waals surface area contributed by atoms with Gasteiger partial charge in [-0.15, -0.1) is 0 Å². The molecule has 1 aromatic heterocycles. The number of nitrogens with one attached hydrogen (secondary N) is 1. The van der Waals surface area contributed by atoms with Crippen LogP contribution in [0.2, 0.25) is 0 Å². The molecule has 7 heteroatoms. The second-order valence-corrected chi connectivity index (χ2v) is 9.56. The zero-order valence-corrected chi connectivity index (χ0v) is 17.2. The van der Waals surface area contributed by atoms with Crippen LogP contribution >= 0.6 is 11.3 Å². The molecule has 0 amide bonds. The van der Waals surface area contributed by atoms with Crippen molar-refractivity contribution in [3.05, 3.63) is 51.7 Å². The summed E-state index contributed by atoms with van der Waals surface area (Å²) in [6, 6.07) is 7.45. The van der Waals surface area contributed by atoms with Crippen LogP contribution in [0.5, 0.6) is 0 Å². The van der Waals surface area contributed by atoms with Crippen LogP contribution in [-0.2, 0) is 10.0 Å². The van der Waals surface area contributed by atoms with Gasteiger partial charge in [-0.05, 0) is 66.5 Å². The van der Waals surface area contributed by atoms with Gasteiger partial charge in [0, 0.05) is 38.8 Å². The first kappa shape index (κ1) is 19.5. The molecule has 1 atom stereocenters. The summed E-state index contributed by atoms with van der Waals surface area (Å²) in [5.41, 5.74) is 3.27. The van der Waals surface area contributed by atoms with E-state index in [2.05, 4.69) is 38.4 Å². The molecule has 1 N–H and O–H groups in total. The number of hydrogen-bond acceptors (Lipinski definition) is 5. The summed E-state index contributed by atoms with van der Waals surface area (Å²) in [5.74, 6) is 0. The van der Waals surface area contributed by atoms with Crippen molar-refractivity contribution >= 4 is 21.4 Å². The lowest BCUT2D eigenvalue weighted by molar-refractivity contribution is 0.113. The molecule has 1 aliphatic rings. The second kappa shape index (κ2) is 8.19. The fourth-order valence-electron chi connectivity index (χ4n) is 3.21. The minimum atomic E-state index is -3.52. The minimum Gasteiger partial charge on any atom is -0.304 e. The number of sulfonamides is 1. The molecule has 0 saturated carbocycles. The third-order valence-corrected chi connectivity index (χ3v) is 7.28. The summed E-state index contributed by atoms with van der Waals surface area (Å²) < 4.78 is 28.4. The molecule has 1 aliphatic heterocycles. The second-order valence-electron chi connectivity index (χ2n) is 7.01. The van der Waals surface area contributed by atoms with E-state index in [1.807, 2.05) is 19.9 Å². The van der Waals surface area contributed by atoms with E-state index in [0.29, 0.717) is 11.4 Å². The zero-order chi connectivity index (χ0) is 18.7. The maximum atomic E-state index is 12.8. The Morgan fingerprint density at radius 3 is 2.46 bits per heavy atom. The monoisotopic (exact) mass is 393 g/mol. The summed E-state index contributed by atoms with van der Waals surface area (Å²) >= 11 is 1.65. The van der Waals surface area contributed by atoms with Crippen molar-refractivity contribution < 1.29 is 8.42 Å². The minimum absolute atomic E-state index is 0.0660. The molecule has 1 saturated heterocycles. The lowest BCUT2D eigenvalue weighted by atomic mass is 10.1. The van der Waals surface area contributed by atoms with E-state index < -0.39 is 10.0 Å². The van der Waals surface area contributed by atoms with Crippen LogP contribution in [0.15, 0.2) is 39.9 Å². The van der Waals surface area contributed by atoms with Crippen molar-refractivity contribution in [1.29, 1.82) is 0 Å². The highest BCUT2D eigenvalue weighted by molar-refractivity contribution is 7.89. The van der Waals surface area contributed by atoms with Gasteiger partial charge in [-0.1, -0.05) is 6.07 Å². The summed E-state index contributed by atoms with van der Waals surface area (Å²) in [7, 11) is -1.39. The van der Waals surface area contributed by atoms with E-state index in [9.17, 15) is 8.42 Å². The van der Waals surface area contributed by atoms with E-state index in [4.69, 9.17) is 0 Å². The van der Waals surface area contributed by atoms with E-state index in [0.717, 1.165) is 37.3 Å². The molecule has 3 rings (SSSR count). The van der Waals surface area contributed by atoms with Crippen LogP contribution in [0.4, 0.5) is 0 Å². The molecule has 2 aromatic rings. The molecule has 142 valence electrons. The molecule has 0 unspecified atom stereocenters. The van der Waals surface area contributed by atoms with Crippen molar-refractivity contribution in [2.24, 2.45) is 0 Å². The van der Waals surface area contributed by atoms with Gasteiger partial charge in [-0.25, -0.2) is 13.1 Å².